The lowest BCUT2D eigenvalue weighted by molar-refractivity contribution is -0.146. The van der Waals surface area contributed by atoms with Crippen LogP contribution >= 0.6 is 0 Å². The fraction of sp³-hybridized carbons (Fsp3) is 0.357. The first-order chi connectivity index (χ1) is 17.7. The van der Waals surface area contributed by atoms with E-state index >= 15 is 0 Å². The monoisotopic (exact) mass is 509 g/mol. The van der Waals surface area contributed by atoms with Gasteiger partial charge in [-0.25, -0.2) is 13.6 Å². The summed E-state index contributed by atoms with van der Waals surface area (Å²) in [7, 11) is 1.03. The molecule has 0 saturated carbocycles. The third-order valence-corrected chi connectivity index (χ3v) is 5.90. The predicted octanol–water partition coefficient (Wildman–Crippen LogP) is 2.93. The van der Waals surface area contributed by atoms with Crippen molar-refractivity contribution in [2.75, 3.05) is 25.6 Å². The Labute approximate surface area is 215 Å². The number of methoxy groups -OCH3 is 1. The van der Waals surface area contributed by atoms with Crippen LogP contribution in [-0.2, 0) is 14.3 Å². The van der Waals surface area contributed by atoms with Gasteiger partial charge in [0.2, 0.25) is 0 Å². The highest BCUT2D eigenvalue weighted by Crippen LogP contribution is 2.19. The van der Waals surface area contributed by atoms with Gasteiger partial charge in [-0.2, -0.15) is 0 Å². The van der Waals surface area contributed by atoms with E-state index in [0.717, 1.165) is 51.3 Å². The van der Waals surface area contributed by atoms with Crippen molar-refractivity contribution in [2.24, 2.45) is 5.73 Å². The topological polar surface area (TPSA) is 103 Å². The molecule has 0 aromatic heterocycles. The zero-order valence-electron chi connectivity index (χ0n) is 20.6. The molecule has 1 saturated heterocycles. The average molecular weight is 510 g/mol. The van der Waals surface area contributed by atoms with Gasteiger partial charge in [0.25, 0.3) is 12.3 Å². The van der Waals surface area contributed by atoms with Gasteiger partial charge in [-0.05, 0) is 80.1 Å². The van der Waals surface area contributed by atoms with E-state index in [0.29, 0.717) is 11.6 Å². The number of rotatable bonds is 7. The minimum Gasteiger partial charge on any atom is -0.467 e. The number of nitrogens with one attached hydrogen (secondary N) is 2. The molecule has 2 aromatic rings. The summed E-state index contributed by atoms with van der Waals surface area (Å²) in [6.45, 7) is 2.53. The van der Waals surface area contributed by atoms with E-state index in [2.05, 4.69) is 39.1 Å². The Hall–Kier alpha value is -3.92. The lowest BCUT2D eigenvalue weighted by Crippen LogP contribution is -2.64. The van der Waals surface area contributed by atoms with Crippen molar-refractivity contribution >= 4 is 17.6 Å². The van der Waals surface area contributed by atoms with Crippen molar-refractivity contribution in [3.05, 3.63) is 65.2 Å². The molecule has 7 nitrogen and oxygen atoms in total. The molecule has 0 radical (unpaired) electrons. The molecule has 1 fully saturated rings. The quantitative estimate of drug-likeness (QED) is 0.392. The number of hydrogen-bond acceptors (Lipinski definition) is 6. The summed E-state index contributed by atoms with van der Waals surface area (Å²) in [5, 5.41) is 5.73. The number of alkyl halides is 2. The molecule has 194 valence electrons. The van der Waals surface area contributed by atoms with Crippen LogP contribution in [0.1, 0.15) is 41.3 Å². The summed E-state index contributed by atoms with van der Waals surface area (Å²) in [6.07, 6.45) is -1.09. The van der Waals surface area contributed by atoms with Crippen LogP contribution in [0.5, 0.6) is 0 Å². The second-order valence-electron chi connectivity index (χ2n) is 8.78. The number of esters is 1. The molecule has 2 atom stereocenters. The first-order valence-electron chi connectivity index (χ1n) is 11.7. The second-order valence-corrected chi connectivity index (χ2v) is 8.78. The standard InChI is InChI=1S/C28H29F2N3O4/c1-28(31,27(29)30)24(26(35)36-2)33-25(34)21-11-7-19(8-12-21)5-3-4-6-20-9-13-22(14-10-20)32-23-15-17-37-18-16-23/h7-14,23-24,27,32H,15-18,31H2,1-2H3,(H,33,34)/t24-,28?/m1/s1. The van der Waals surface area contributed by atoms with Gasteiger partial charge in [-0.1, -0.05) is 11.8 Å². The van der Waals surface area contributed by atoms with Crippen molar-refractivity contribution in [2.45, 2.75) is 43.8 Å². The molecule has 3 rings (SSSR count). The largest absolute Gasteiger partial charge is 0.467 e. The summed E-state index contributed by atoms with van der Waals surface area (Å²) < 4.78 is 36.5. The molecule has 0 aliphatic carbocycles. The normalized spacial score (nSPS) is 15.7. The molecule has 37 heavy (non-hydrogen) atoms. The Morgan fingerprint density at radius 1 is 1.03 bits per heavy atom. The molecule has 1 aliphatic rings. The van der Waals surface area contributed by atoms with Gasteiger partial charge in [0.15, 0.2) is 6.04 Å². The highest BCUT2D eigenvalue weighted by atomic mass is 19.3. The summed E-state index contributed by atoms with van der Waals surface area (Å²) in [4.78, 5) is 24.5. The number of hydrogen-bond donors (Lipinski definition) is 3. The molecule has 1 heterocycles. The van der Waals surface area contributed by atoms with Gasteiger partial charge in [-0.15, -0.1) is 0 Å². The third kappa shape index (κ3) is 7.78. The summed E-state index contributed by atoms with van der Waals surface area (Å²) in [5.74, 6) is 9.61. The lowest BCUT2D eigenvalue weighted by atomic mass is 9.93. The van der Waals surface area contributed by atoms with E-state index in [9.17, 15) is 18.4 Å². The maximum Gasteiger partial charge on any atom is 0.330 e. The lowest BCUT2D eigenvalue weighted by Gasteiger charge is -2.31. The zero-order chi connectivity index (χ0) is 26.8. The molecule has 2 aromatic carbocycles. The minimum atomic E-state index is -3.07. The van der Waals surface area contributed by atoms with Crippen LogP contribution in [-0.4, -0.2) is 56.2 Å². The molecule has 1 amide bonds. The first-order valence-corrected chi connectivity index (χ1v) is 11.7. The number of amides is 1. The van der Waals surface area contributed by atoms with Crippen molar-refractivity contribution in [1.82, 2.24) is 5.32 Å². The molecule has 1 aliphatic heterocycles. The molecule has 9 heteroatoms. The number of ether oxygens (including phenoxy) is 2. The summed E-state index contributed by atoms with van der Waals surface area (Å²) in [6, 6.07) is 12.6. The Morgan fingerprint density at radius 2 is 1.57 bits per heavy atom. The van der Waals surface area contributed by atoms with E-state index in [1.54, 1.807) is 12.1 Å². The van der Waals surface area contributed by atoms with Gasteiger partial charge in [0.05, 0.1) is 7.11 Å². The van der Waals surface area contributed by atoms with Crippen LogP contribution in [0.2, 0.25) is 0 Å². The van der Waals surface area contributed by atoms with Crippen molar-refractivity contribution in [3.8, 4) is 23.7 Å². The van der Waals surface area contributed by atoms with E-state index in [-0.39, 0.29) is 5.56 Å². The Bertz CT molecular complexity index is 1200. The Kier molecular flexibility index (Phi) is 9.62. The van der Waals surface area contributed by atoms with Crippen molar-refractivity contribution < 1.29 is 27.8 Å². The Balaban J connectivity index is 1.58. The summed E-state index contributed by atoms with van der Waals surface area (Å²) in [5.41, 5.74) is 5.88. The van der Waals surface area contributed by atoms with Gasteiger partial charge in [0, 0.05) is 41.6 Å². The molecular formula is C28H29F2N3O4. The van der Waals surface area contributed by atoms with Gasteiger partial charge >= 0.3 is 5.97 Å². The van der Waals surface area contributed by atoms with Crippen molar-refractivity contribution in [1.29, 1.82) is 0 Å². The maximum absolute atomic E-state index is 13.3. The number of carbonyl (C=O) groups is 2. The third-order valence-electron chi connectivity index (χ3n) is 5.90. The fourth-order valence-corrected chi connectivity index (χ4v) is 3.57. The van der Waals surface area contributed by atoms with E-state index in [1.165, 1.54) is 12.1 Å². The molecule has 4 N–H and O–H groups in total. The van der Waals surface area contributed by atoms with Crippen molar-refractivity contribution in [3.63, 3.8) is 0 Å². The highest BCUT2D eigenvalue weighted by Gasteiger charge is 2.45. The minimum absolute atomic E-state index is 0.144. The highest BCUT2D eigenvalue weighted by molar-refractivity contribution is 5.97. The van der Waals surface area contributed by atoms with Crippen LogP contribution in [0.25, 0.3) is 0 Å². The number of halogens is 2. The van der Waals surface area contributed by atoms with E-state index in [1.807, 2.05) is 24.3 Å². The molecule has 0 spiro atoms. The molecule has 0 bridgehead atoms. The summed E-state index contributed by atoms with van der Waals surface area (Å²) >= 11 is 0. The first kappa shape index (κ1) is 27.7. The van der Waals surface area contributed by atoms with Gasteiger partial charge in [0.1, 0.15) is 5.54 Å². The van der Waals surface area contributed by atoms with Crippen LogP contribution in [0.3, 0.4) is 0 Å². The Morgan fingerprint density at radius 3 is 2.08 bits per heavy atom. The van der Waals surface area contributed by atoms with E-state index in [4.69, 9.17) is 10.5 Å². The number of carbonyl (C=O) groups excluding carboxylic acids is 2. The van der Waals surface area contributed by atoms with Gasteiger partial charge in [-0.3, -0.25) is 4.79 Å². The SMILES string of the molecule is COC(=O)[C@@H](NC(=O)c1ccc(C#CC#Cc2ccc(NC3CCOCC3)cc2)cc1)C(C)(N)C(F)F. The van der Waals surface area contributed by atoms with Crippen LogP contribution < -0.4 is 16.4 Å². The smallest absolute Gasteiger partial charge is 0.330 e. The van der Waals surface area contributed by atoms with E-state index < -0.39 is 29.9 Å². The average Bonchev–Trinajstić information content (AvgIpc) is 2.90. The van der Waals surface area contributed by atoms with Crippen LogP contribution in [0, 0.1) is 23.7 Å². The fourth-order valence-electron chi connectivity index (χ4n) is 3.57. The number of nitrogens with two attached hydrogens (primary N) is 1. The molecular weight excluding hydrogens is 480 g/mol. The number of benzene rings is 2. The second kappa shape index (κ2) is 12.9. The number of anilines is 1. The zero-order valence-corrected chi connectivity index (χ0v) is 20.6. The van der Waals surface area contributed by atoms with Crippen LogP contribution in [0.4, 0.5) is 14.5 Å². The maximum atomic E-state index is 13.3. The van der Waals surface area contributed by atoms with Gasteiger partial charge < -0.3 is 25.8 Å². The molecule has 1 unspecified atom stereocenters. The van der Waals surface area contributed by atoms with Crippen LogP contribution in [0.15, 0.2) is 48.5 Å². The predicted molar refractivity (Wildman–Crippen MR) is 136 cm³/mol.